The van der Waals surface area contributed by atoms with Crippen molar-refractivity contribution in [3.05, 3.63) is 34.1 Å². The van der Waals surface area contributed by atoms with Crippen LogP contribution in [0.5, 0.6) is 0 Å². The molecule has 2 fully saturated rings. The lowest BCUT2D eigenvalue weighted by Crippen LogP contribution is -2.66. The van der Waals surface area contributed by atoms with E-state index in [1.54, 1.807) is 6.07 Å². The van der Waals surface area contributed by atoms with Crippen molar-refractivity contribution in [3.63, 3.8) is 0 Å². The average Bonchev–Trinajstić information content (AvgIpc) is 2.82. The van der Waals surface area contributed by atoms with E-state index in [2.05, 4.69) is 40.0 Å². The number of benzene rings is 1. The molecule has 1 saturated heterocycles. The van der Waals surface area contributed by atoms with Gasteiger partial charge >= 0.3 is 0 Å². The van der Waals surface area contributed by atoms with Gasteiger partial charge in [-0.25, -0.2) is 4.39 Å². The fraction of sp³-hybridized carbons (Fsp3) is 0.647. The first-order valence-corrected chi connectivity index (χ1v) is 8.63. The lowest BCUT2D eigenvalue weighted by Gasteiger charge is -2.51. The third kappa shape index (κ3) is 3.33. The minimum Gasteiger partial charge on any atom is -0.308 e. The predicted molar refractivity (Wildman–Crippen MR) is 87.8 cm³/mol. The van der Waals surface area contributed by atoms with Crippen LogP contribution in [0.1, 0.15) is 45.1 Å². The molecule has 0 bridgehead atoms. The lowest BCUT2D eigenvalue weighted by atomic mass is 9.87. The Balaban J connectivity index is 1.80. The molecule has 0 unspecified atom stereocenters. The maximum atomic E-state index is 13.6. The number of nitrogens with one attached hydrogen (secondary N) is 1. The maximum absolute atomic E-state index is 13.6. The van der Waals surface area contributed by atoms with Crippen LogP contribution in [0, 0.1) is 5.82 Å². The SMILES string of the molecule is CC1(C)CNC2(CCCC2)CN1Cc1cc(F)cc(Br)c1. The van der Waals surface area contributed by atoms with E-state index in [0.29, 0.717) is 5.54 Å². The number of hydrogen-bond acceptors (Lipinski definition) is 2. The summed E-state index contributed by atoms with van der Waals surface area (Å²) in [6.45, 7) is 7.43. The van der Waals surface area contributed by atoms with E-state index in [0.717, 1.165) is 29.7 Å². The highest BCUT2D eigenvalue weighted by Gasteiger charge is 2.43. The molecule has 1 aliphatic carbocycles. The van der Waals surface area contributed by atoms with Gasteiger partial charge in [0.1, 0.15) is 5.82 Å². The molecule has 2 nitrogen and oxygen atoms in total. The highest BCUT2D eigenvalue weighted by Crippen LogP contribution is 2.36. The fourth-order valence-electron chi connectivity index (χ4n) is 3.73. The van der Waals surface area contributed by atoms with Crippen LogP contribution in [-0.2, 0) is 6.54 Å². The molecule has 116 valence electrons. The van der Waals surface area contributed by atoms with Crippen molar-refractivity contribution < 1.29 is 4.39 Å². The molecular formula is C17H24BrFN2. The first kappa shape index (κ1) is 15.4. The summed E-state index contributed by atoms with van der Waals surface area (Å²) in [7, 11) is 0. The van der Waals surface area contributed by atoms with Gasteiger partial charge in [0, 0.05) is 35.2 Å². The monoisotopic (exact) mass is 354 g/mol. The quantitative estimate of drug-likeness (QED) is 0.860. The highest BCUT2D eigenvalue weighted by atomic mass is 79.9. The van der Waals surface area contributed by atoms with Gasteiger partial charge in [-0.2, -0.15) is 0 Å². The highest BCUT2D eigenvalue weighted by molar-refractivity contribution is 9.10. The Morgan fingerprint density at radius 2 is 1.95 bits per heavy atom. The maximum Gasteiger partial charge on any atom is 0.124 e. The smallest absolute Gasteiger partial charge is 0.124 e. The Morgan fingerprint density at radius 1 is 1.24 bits per heavy atom. The molecule has 1 spiro atoms. The Morgan fingerprint density at radius 3 is 2.62 bits per heavy atom. The summed E-state index contributed by atoms with van der Waals surface area (Å²) >= 11 is 3.40. The zero-order valence-corrected chi connectivity index (χ0v) is 14.5. The summed E-state index contributed by atoms with van der Waals surface area (Å²) in [6, 6.07) is 5.21. The van der Waals surface area contributed by atoms with Gasteiger partial charge in [0.25, 0.3) is 0 Å². The second kappa shape index (κ2) is 5.64. The molecular weight excluding hydrogens is 331 g/mol. The van der Waals surface area contributed by atoms with Crippen molar-refractivity contribution in [2.24, 2.45) is 0 Å². The molecule has 0 amide bonds. The molecule has 1 N–H and O–H groups in total. The van der Waals surface area contributed by atoms with Gasteiger partial charge in [0.15, 0.2) is 0 Å². The minimum atomic E-state index is -0.164. The first-order chi connectivity index (χ1) is 9.89. The van der Waals surface area contributed by atoms with Crippen LogP contribution in [0.25, 0.3) is 0 Å². The lowest BCUT2D eigenvalue weighted by molar-refractivity contribution is 0.0216. The Bertz CT molecular complexity index is 503. The number of hydrogen-bond donors (Lipinski definition) is 1. The van der Waals surface area contributed by atoms with Gasteiger partial charge in [0.2, 0.25) is 0 Å². The van der Waals surface area contributed by atoms with Crippen LogP contribution in [0.4, 0.5) is 4.39 Å². The summed E-state index contributed by atoms with van der Waals surface area (Å²) in [5.41, 5.74) is 1.44. The van der Waals surface area contributed by atoms with E-state index in [1.807, 2.05) is 6.07 Å². The van der Waals surface area contributed by atoms with Crippen LogP contribution >= 0.6 is 15.9 Å². The minimum absolute atomic E-state index is 0.104. The van der Waals surface area contributed by atoms with E-state index in [-0.39, 0.29) is 11.4 Å². The molecule has 2 aliphatic rings. The molecule has 1 aromatic rings. The first-order valence-electron chi connectivity index (χ1n) is 7.84. The van der Waals surface area contributed by atoms with E-state index in [1.165, 1.54) is 31.7 Å². The van der Waals surface area contributed by atoms with Gasteiger partial charge in [-0.15, -0.1) is 0 Å². The number of nitrogens with zero attached hydrogens (tertiary/aromatic N) is 1. The van der Waals surface area contributed by atoms with E-state index in [9.17, 15) is 4.39 Å². The number of halogens is 2. The van der Waals surface area contributed by atoms with Crippen LogP contribution < -0.4 is 5.32 Å². The molecule has 1 aliphatic heterocycles. The summed E-state index contributed by atoms with van der Waals surface area (Å²) in [5.74, 6) is -0.164. The fourth-order valence-corrected chi connectivity index (χ4v) is 4.24. The molecule has 0 radical (unpaired) electrons. The summed E-state index contributed by atoms with van der Waals surface area (Å²) < 4.78 is 14.4. The van der Waals surface area contributed by atoms with E-state index < -0.39 is 0 Å². The zero-order chi connectivity index (χ0) is 15.1. The largest absolute Gasteiger partial charge is 0.308 e. The second-order valence-electron chi connectivity index (χ2n) is 7.29. The van der Waals surface area contributed by atoms with Crippen molar-refractivity contribution in [1.82, 2.24) is 10.2 Å². The van der Waals surface area contributed by atoms with Crippen molar-refractivity contribution in [2.45, 2.75) is 57.2 Å². The molecule has 21 heavy (non-hydrogen) atoms. The summed E-state index contributed by atoms with van der Waals surface area (Å²) in [4.78, 5) is 2.52. The van der Waals surface area contributed by atoms with E-state index >= 15 is 0 Å². The van der Waals surface area contributed by atoms with Crippen LogP contribution in [-0.4, -0.2) is 29.1 Å². The van der Waals surface area contributed by atoms with Gasteiger partial charge in [-0.05, 0) is 50.5 Å². The normalized spacial score (nSPS) is 24.6. The molecule has 3 rings (SSSR count). The Hall–Kier alpha value is -0.450. The molecule has 1 aromatic carbocycles. The van der Waals surface area contributed by atoms with Gasteiger partial charge in [-0.3, -0.25) is 4.90 Å². The van der Waals surface area contributed by atoms with Crippen molar-refractivity contribution in [1.29, 1.82) is 0 Å². The zero-order valence-electron chi connectivity index (χ0n) is 12.9. The average molecular weight is 355 g/mol. The van der Waals surface area contributed by atoms with Gasteiger partial charge in [0.05, 0.1) is 0 Å². The predicted octanol–water partition coefficient (Wildman–Crippen LogP) is 4.08. The molecule has 0 aromatic heterocycles. The topological polar surface area (TPSA) is 15.3 Å². The van der Waals surface area contributed by atoms with E-state index in [4.69, 9.17) is 0 Å². The van der Waals surface area contributed by atoms with Gasteiger partial charge < -0.3 is 5.32 Å². The summed E-state index contributed by atoms with van der Waals surface area (Å²) in [6.07, 6.45) is 5.19. The molecule has 1 heterocycles. The van der Waals surface area contributed by atoms with Crippen LogP contribution in [0.3, 0.4) is 0 Å². The third-order valence-electron chi connectivity index (χ3n) is 5.10. The standard InChI is InChI=1S/C17H24BrFN2/c1-16(2)11-20-17(5-3-4-6-17)12-21(16)10-13-7-14(18)9-15(19)8-13/h7-9,20H,3-6,10-12H2,1-2H3. The second-order valence-corrected chi connectivity index (χ2v) is 8.20. The Kier molecular flexibility index (Phi) is 4.15. The Labute approximate surface area is 135 Å². The van der Waals surface area contributed by atoms with Crippen LogP contribution in [0.2, 0.25) is 0 Å². The molecule has 4 heteroatoms. The summed E-state index contributed by atoms with van der Waals surface area (Å²) in [5, 5.41) is 3.80. The van der Waals surface area contributed by atoms with Crippen molar-refractivity contribution in [2.75, 3.05) is 13.1 Å². The number of rotatable bonds is 2. The third-order valence-corrected chi connectivity index (χ3v) is 5.56. The molecule has 0 atom stereocenters. The number of piperazine rings is 1. The van der Waals surface area contributed by atoms with Crippen molar-refractivity contribution in [3.8, 4) is 0 Å². The van der Waals surface area contributed by atoms with Crippen molar-refractivity contribution >= 4 is 15.9 Å². The van der Waals surface area contributed by atoms with Crippen LogP contribution in [0.15, 0.2) is 22.7 Å². The van der Waals surface area contributed by atoms with Gasteiger partial charge in [-0.1, -0.05) is 28.8 Å². The molecule has 1 saturated carbocycles.